The van der Waals surface area contributed by atoms with Crippen molar-refractivity contribution in [1.82, 2.24) is 10.2 Å². The highest BCUT2D eigenvalue weighted by Crippen LogP contribution is 2.24. The average molecular weight is 240 g/mol. The molecule has 1 atom stereocenters. The second-order valence-electron chi connectivity index (χ2n) is 4.33. The zero-order valence-electron chi connectivity index (χ0n) is 9.83. The predicted molar refractivity (Wildman–Crippen MR) is 64.2 cm³/mol. The molecule has 1 aliphatic rings. The number of halogens is 2. The van der Waals surface area contributed by atoms with Crippen LogP contribution in [0.25, 0.3) is 0 Å². The third-order valence-electron chi connectivity index (χ3n) is 3.23. The fourth-order valence-corrected chi connectivity index (χ4v) is 2.34. The lowest BCUT2D eigenvalue weighted by atomic mass is 10.0. The second kappa shape index (κ2) is 6.07. The molecule has 0 aromatic heterocycles. The maximum absolute atomic E-state index is 12.9. The maximum atomic E-state index is 12.9. The van der Waals surface area contributed by atoms with Gasteiger partial charge in [-0.3, -0.25) is 9.29 Å². The largest absolute Gasteiger partial charge is 0.314 e. The molecule has 1 heterocycles. The van der Waals surface area contributed by atoms with Crippen molar-refractivity contribution in [2.45, 2.75) is 12.5 Å². The molecule has 1 aromatic rings. The van der Waals surface area contributed by atoms with E-state index in [2.05, 4.69) is 10.2 Å². The zero-order chi connectivity index (χ0) is 12.1. The van der Waals surface area contributed by atoms with Gasteiger partial charge in [0.15, 0.2) is 0 Å². The van der Waals surface area contributed by atoms with Crippen molar-refractivity contribution in [1.29, 1.82) is 0 Å². The number of benzene rings is 1. The average Bonchev–Trinajstić information content (AvgIpc) is 2.38. The van der Waals surface area contributed by atoms with Gasteiger partial charge in [-0.05, 0) is 24.1 Å². The molecular formula is C13H18F2N2. The van der Waals surface area contributed by atoms with Crippen molar-refractivity contribution in [2.24, 2.45) is 0 Å². The lowest BCUT2D eigenvalue weighted by Crippen LogP contribution is -2.45. The van der Waals surface area contributed by atoms with E-state index in [1.54, 1.807) is 12.1 Å². The van der Waals surface area contributed by atoms with Crippen LogP contribution < -0.4 is 5.32 Å². The lowest BCUT2D eigenvalue weighted by molar-refractivity contribution is 0.157. The van der Waals surface area contributed by atoms with Gasteiger partial charge < -0.3 is 5.32 Å². The molecule has 2 nitrogen and oxygen atoms in total. The van der Waals surface area contributed by atoms with Crippen molar-refractivity contribution in [3.8, 4) is 0 Å². The van der Waals surface area contributed by atoms with E-state index in [0.717, 1.165) is 31.7 Å². The van der Waals surface area contributed by atoms with Crippen molar-refractivity contribution in [2.75, 3.05) is 32.9 Å². The molecule has 0 radical (unpaired) electrons. The van der Waals surface area contributed by atoms with E-state index < -0.39 is 0 Å². The van der Waals surface area contributed by atoms with Crippen LogP contribution in [0.3, 0.4) is 0 Å². The summed E-state index contributed by atoms with van der Waals surface area (Å²) in [5.74, 6) is -0.243. The van der Waals surface area contributed by atoms with E-state index in [1.165, 1.54) is 12.1 Å². The van der Waals surface area contributed by atoms with Gasteiger partial charge in [0.1, 0.15) is 5.82 Å². The first-order valence-electron chi connectivity index (χ1n) is 6.07. The van der Waals surface area contributed by atoms with E-state index in [1.807, 2.05) is 0 Å². The molecule has 0 aliphatic carbocycles. The zero-order valence-corrected chi connectivity index (χ0v) is 9.83. The Morgan fingerprint density at radius 1 is 1.18 bits per heavy atom. The number of nitrogens with zero attached hydrogens (tertiary/aromatic N) is 1. The first kappa shape index (κ1) is 12.5. The van der Waals surface area contributed by atoms with Gasteiger partial charge in [-0.25, -0.2) is 4.39 Å². The molecule has 1 N–H and O–H groups in total. The van der Waals surface area contributed by atoms with Crippen LogP contribution in [0.2, 0.25) is 0 Å². The summed E-state index contributed by atoms with van der Waals surface area (Å²) in [6, 6.07) is 6.49. The van der Waals surface area contributed by atoms with Crippen molar-refractivity contribution in [3.05, 3.63) is 35.6 Å². The molecule has 0 amide bonds. The first-order chi connectivity index (χ1) is 8.31. The van der Waals surface area contributed by atoms with Gasteiger partial charge >= 0.3 is 0 Å². The highest BCUT2D eigenvalue weighted by Gasteiger charge is 2.21. The number of nitrogens with one attached hydrogen (secondary N) is 1. The highest BCUT2D eigenvalue weighted by atomic mass is 19.1. The van der Waals surface area contributed by atoms with Crippen LogP contribution in [-0.4, -0.2) is 37.8 Å². The number of piperazine rings is 1. The monoisotopic (exact) mass is 240 g/mol. The lowest BCUT2D eigenvalue weighted by Gasteiger charge is -2.34. The van der Waals surface area contributed by atoms with Crippen LogP contribution in [0.15, 0.2) is 24.3 Å². The molecule has 1 fully saturated rings. The minimum Gasteiger partial charge on any atom is -0.314 e. The van der Waals surface area contributed by atoms with E-state index in [4.69, 9.17) is 0 Å². The topological polar surface area (TPSA) is 15.3 Å². The summed E-state index contributed by atoms with van der Waals surface area (Å²) in [4.78, 5) is 2.27. The van der Waals surface area contributed by atoms with Crippen LogP contribution in [0, 0.1) is 5.82 Å². The van der Waals surface area contributed by atoms with Crippen molar-refractivity contribution in [3.63, 3.8) is 0 Å². The van der Waals surface area contributed by atoms with E-state index >= 15 is 0 Å². The molecule has 0 unspecified atom stereocenters. The summed E-state index contributed by atoms with van der Waals surface area (Å²) >= 11 is 0. The molecule has 1 aliphatic heterocycles. The van der Waals surface area contributed by atoms with Crippen molar-refractivity contribution >= 4 is 0 Å². The van der Waals surface area contributed by atoms with Crippen LogP contribution >= 0.6 is 0 Å². The molecule has 1 saturated heterocycles. The first-order valence-corrected chi connectivity index (χ1v) is 6.07. The Bertz CT molecular complexity index is 334. The standard InChI is InChI=1S/C13H18F2N2/c14-6-5-13(17-9-7-16-8-10-17)11-1-3-12(15)4-2-11/h1-4,13,16H,5-10H2/t13-/m1/s1. The molecule has 4 heteroatoms. The minimum atomic E-state index is -0.341. The Morgan fingerprint density at radius 3 is 2.41 bits per heavy atom. The van der Waals surface area contributed by atoms with E-state index in [0.29, 0.717) is 6.42 Å². The van der Waals surface area contributed by atoms with E-state index in [9.17, 15) is 8.78 Å². The van der Waals surface area contributed by atoms with Gasteiger partial charge in [0, 0.05) is 32.2 Å². The fraction of sp³-hybridized carbons (Fsp3) is 0.538. The van der Waals surface area contributed by atoms with Gasteiger partial charge in [-0.15, -0.1) is 0 Å². The predicted octanol–water partition coefficient (Wildman–Crippen LogP) is 2.13. The Balaban J connectivity index is 2.12. The highest BCUT2D eigenvalue weighted by molar-refractivity contribution is 5.20. The number of hydrogen-bond acceptors (Lipinski definition) is 2. The molecule has 2 rings (SSSR count). The number of alkyl halides is 1. The summed E-state index contributed by atoms with van der Waals surface area (Å²) in [6.45, 7) is 3.37. The van der Waals surface area contributed by atoms with Gasteiger partial charge in [-0.1, -0.05) is 12.1 Å². The van der Waals surface area contributed by atoms with Crippen LogP contribution in [0.1, 0.15) is 18.0 Å². The number of hydrogen-bond donors (Lipinski definition) is 1. The summed E-state index contributed by atoms with van der Waals surface area (Å²) < 4.78 is 25.5. The van der Waals surface area contributed by atoms with Crippen LogP contribution in [-0.2, 0) is 0 Å². The Labute approximate surface area is 101 Å². The third kappa shape index (κ3) is 3.23. The molecular weight excluding hydrogens is 222 g/mol. The summed E-state index contributed by atoms with van der Waals surface area (Å²) in [7, 11) is 0. The third-order valence-corrected chi connectivity index (χ3v) is 3.23. The van der Waals surface area contributed by atoms with Gasteiger partial charge in [-0.2, -0.15) is 0 Å². The molecule has 1 aromatic carbocycles. The summed E-state index contributed by atoms with van der Waals surface area (Å²) in [6.07, 6.45) is 0.478. The molecule has 0 bridgehead atoms. The fourth-order valence-electron chi connectivity index (χ4n) is 2.34. The van der Waals surface area contributed by atoms with E-state index in [-0.39, 0.29) is 18.5 Å². The molecule has 17 heavy (non-hydrogen) atoms. The minimum absolute atomic E-state index is 0.0719. The Kier molecular flexibility index (Phi) is 4.45. The van der Waals surface area contributed by atoms with Gasteiger partial charge in [0.2, 0.25) is 0 Å². The van der Waals surface area contributed by atoms with Crippen LogP contribution in [0.4, 0.5) is 8.78 Å². The smallest absolute Gasteiger partial charge is 0.123 e. The number of rotatable bonds is 4. The van der Waals surface area contributed by atoms with Gasteiger partial charge in [0.05, 0.1) is 6.67 Å². The normalized spacial score (nSPS) is 19.2. The second-order valence-corrected chi connectivity index (χ2v) is 4.33. The van der Waals surface area contributed by atoms with Crippen molar-refractivity contribution < 1.29 is 8.78 Å². The quantitative estimate of drug-likeness (QED) is 0.867. The molecule has 0 spiro atoms. The Hall–Kier alpha value is -1.00. The maximum Gasteiger partial charge on any atom is 0.123 e. The summed E-state index contributed by atoms with van der Waals surface area (Å²) in [5, 5.41) is 3.28. The molecule has 94 valence electrons. The Morgan fingerprint density at radius 2 is 1.82 bits per heavy atom. The SMILES string of the molecule is FCC[C@H](c1ccc(F)cc1)N1CCNCC1. The molecule has 0 saturated carbocycles. The van der Waals surface area contributed by atoms with Crippen LogP contribution in [0.5, 0.6) is 0 Å². The van der Waals surface area contributed by atoms with Gasteiger partial charge in [0.25, 0.3) is 0 Å². The summed E-state index contributed by atoms with van der Waals surface area (Å²) in [5.41, 5.74) is 1.01.